The molecule has 5 nitrogen and oxygen atoms in total. The molecule has 1 amide bonds. The molecule has 5 heteroatoms. The number of carbonyl (C=O) groups excluding carboxylic acids is 1. The van der Waals surface area contributed by atoms with Gasteiger partial charge in [-0.05, 0) is 11.8 Å². The van der Waals surface area contributed by atoms with Gasteiger partial charge >= 0.3 is 5.97 Å². The molecule has 0 aromatic carbocycles. The van der Waals surface area contributed by atoms with Crippen molar-refractivity contribution < 1.29 is 19.4 Å². The highest BCUT2D eigenvalue weighted by Gasteiger charge is 2.43. The standard InChI is InChI=1S/C14H25NO4/c1-9(2)11(10(3)4)12(16)15-14(13(17)18)5-7-19-8-6-14/h9-11H,5-8H2,1-4H3,(H,15,16)(H,17,18). The predicted octanol–water partition coefficient (Wildman–Crippen LogP) is 1.66. The van der Waals surface area contributed by atoms with E-state index in [1.165, 1.54) is 0 Å². The lowest BCUT2D eigenvalue weighted by molar-refractivity contribution is -0.153. The molecule has 0 atom stereocenters. The van der Waals surface area contributed by atoms with Crippen LogP contribution < -0.4 is 5.32 Å². The largest absolute Gasteiger partial charge is 0.480 e. The highest BCUT2D eigenvalue weighted by molar-refractivity contribution is 5.88. The zero-order valence-electron chi connectivity index (χ0n) is 12.2. The molecular weight excluding hydrogens is 246 g/mol. The maximum atomic E-state index is 12.4. The van der Waals surface area contributed by atoms with E-state index in [1.54, 1.807) is 0 Å². The molecule has 1 aliphatic rings. The first kappa shape index (κ1) is 16.0. The summed E-state index contributed by atoms with van der Waals surface area (Å²) in [6, 6.07) is 0. The maximum Gasteiger partial charge on any atom is 0.329 e. The van der Waals surface area contributed by atoms with E-state index in [9.17, 15) is 14.7 Å². The van der Waals surface area contributed by atoms with Crippen molar-refractivity contribution in [3.63, 3.8) is 0 Å². The first-order valence-electron chi connectivity index (χ1n) is 6.93. The Morgan fingerprint density at radius 2 is 1.58 bits per heavy atom. The molecule has 1 heterocycles. The number of carbonyl (C=O) groups is 2. The van der Waals surface area contributed by atoms with Crippen LogP contribution >= 0.6 is 0 Å². The molecule has 0 spiro atoms. The van der Waals surface area contributed by atoms with Crippen molar-refractivity contribution in [1.82, 2.24) is 5.32 Å². The predicted molar refractivity (Wildman–Crippen MR) is 71.7 cm³/mol. The van der Waals surface area contributed by atoms with Gasteiger partial charge in [-0.15, -0.1) is 0 Å². The quantitative estimate of drug-likeness (QED) is 0.797. The normalized spacial score (nSPS) is 18.9. The number of hydrogen-bond donors (Lipinski definition) is 2. The third-order valence-corrected chi connectivity index (χ3v) is 3.86. The number of carboxylic acid groups (broad SMARTS) is 1. The Morgan fingerprint density at radius 3 is 1.95 bits per heavy atom. The lowest BCUT2D eigenvalue weighted by Gasteiger charge is -2.36. The van der Waals surface area contributed by atoms with Gasteiger partial charge < -0.3 is 15.2 Å². The number of ether oxygens (including phenoxy) is 1. The summed E-state index contributed by atoms with van der Waals surface area (Å²) in [4.78, 5) is 23.9. The summed E-state index contributed by atoms with van der Waals surface area (Å²) in [5.41, 5.74) is -1.16. The molecule has 1 fully saturated rings. The molecule has 0 aromatic rings. The molecule has 19 heavy (non-hydrogen) atoms. The number of hydrogen-bond acceptors (Lipinski definition) is 3. The lowest BCUT2D eigenvalue weighted by atomic mass is 9.82. The molecule has 1 rings (SSSR count). The lowest BCUT2D eigenvalue weighted by Crippen LogP contribution is -2.59. The van der Waals surface area contributed by atoms with E-state index in [2.05, 4.69) is 5.32 Å². The molecule has 0 aromatic heterocycles. The fraction of sp³-hybridized carbons (Fsp3) is 0.857. The average molecular weight is 271 g/mol. The molecule has 0 bridgehead atoms. The van der Waals surface area contributed by atoms with Crippen LogP contribution in [0.1, 0.15) is 40.5 Å². The van der Waals surface area contributed by atoms with Gasteiger partial charge in [0.25, 0.3) is 0 Å². The van der Waals surface area contributed by atoms with E-state index in [0.717, 1.165) is 0 Å². The van der Waals surface area contributed by atoms with E-state index in [0.29, 0.717) is 26.1 Å². The number of amides is 1. The van der Waals surface area contributed by atoms with E-state index in [-0.39, 0.29) is 23.7 Å². The Labute approximate surface area is 114 Å². The van der Waals surface area contributed by atoms with Gasteiger partial charge in [-0.3, -0.25) is 4.79 Å². The number of aliphatic carboxylic acids is 1. The van der Waals surface area contributed by atoms with Crippen molar-refractivity contribution in [3.8, 4) is 0 Å². The minimum Gasteiger partial charge on any atom is -0.480 e. The van der Waals surface area contributed by atoms with Crippen LogP contribution in [0.25, 0.3) is 0 Å². The molecule has 1 saturated heterocycles. The second-order valence-electron chi connectivity index (χ2n) is 6.00. The monoisotopic (exact) mass is 271 g/mol. The summed E-state index contributed by atoms with van der Waals surface area (Å²) in [7, 11) is 0. The minimum atomic E-state index is -1.16. The first-order valence-corrected chi connectivity index (χ1v) is 6.93. The number of rotatable bonds is 5. The second-order valence-corrected chi connectivity index (χ2v) is 6.00. The van der Waals surface area contributed by atoms with Crippen molar-refractivity contribution in [2.45, 2.75) is 46.1 Å². The van der Waals surface area contributed by atoms with Crippen LogP contribution in [0.2, 0.25) is 0 Å². The SMILES string of the molecule is CC(C)C(C(=O)NC1(C(=O)O)CCOCC1)C(C)C. The fourth-order valence-corrected chi connectivity index (χ4v) is 2.81. The van der Waals surface area contributed by atoms with Gasteiger partial charge in [0, 0.05) is 32.0 Å². The smallest absolute Gasteiger partial charge is 0.329 e. The molecule has 110 valence electrons. The van der Waals surface area contributed by atoms with Crippen LogP contribution in [-0.4, -0.2) is 35.7 Å². The van der Waals surface area contributed by atoms with Gasteiger partial charge in [-0.1, -0.05) is 27.7 Å². The highest BCUT2D eigenvalue weighted by atomic mass is 16.5. The highest BCUT2D eigenvalue weighted by Crippen LogP contribution is 2.25. The van der Waals surface area contributed by atoms with E-state index in [1.807, 2.05) is 27.7 Å². The molecule has 0 radical (unpaired) electrons. The van der Waals surface area contributed by atoms with Crippen LogP contribution in [0, 0.1) is 17.8 Å². The van der Waals surface area contributed by atoms with Gasteiger partial charge in [-0.25, -0.2) is 4.79 Å². The van der Waals surface area contributed by atoms with Crippen molar-refractivity contribution in [1.29, 1.82) is 0 Å². The maximum absolute atomic E-state index is 12.4. The topological polar surface area (TPSA) is 75.6 Å². The zero-order valence-corrected chi connectivity index (χ0v) is 12.2. The first-order chi connectivity index (χ1) is 8.80. The average Bonchev–Trinajstić information content (AvgIpc) is 2.28. The molecule has 0 unspecified atom stereocenters. The summed E-state index contributed by atoms with van der Waals surface area (Å²) in [6.45, 7) is 8.70. The summed E-state index contributed by atoms with van der Waals surface area (Å²) < 4.78 is 5.20. The summed E-state index contributed by atoms with van der Waals surface area (Å²) >= 11 is 0. The molecule has 2 N–H and O–H groups in total. The molecule has 0 saturated carbocycles. The molecular formula is C14H25NO4. The summed E-state index contributed by atoms with van der Waals surface area (Å²) in [5.74, 6) is -0.917. The van der Waals surface area contributed by atoms with Crippen molar-refractivity contribution >= 4 is 11.9 Å². The Balaban J connectivity index is 2.84. The second kappa shape index (κ2) is 6.37. The Kier molecular flexibility index (Phi) is 5.35. The Bertz CT molecular complexity index is 324. The van der Waals surface area contributed by atoms with Crippen LogP contribution in [-0.2, 0) is 14.3 Å². The van der Waals surface area contributed by atoms with Gasteiger partial charge in [0.05, 0.1) is 0 Å². The minimum absolute atomic E-state index is 0.158. The Hall–Kier alpha value is -1.10. The van der Waals surface area contributed by atoms with Crippen LogP contribution in [0.5, 0.6) is 0 Å². The van der Waals surface area contributed by atoms with E-state index >= 15 is 0 Å². The van der Waals surface area contributed by atoms with Crippen LogP contribution in [0.3, 0.4) is 0 Å². The summed E-state index contributed by atoms with van der Waals surface area (Å²) in [5, 5.41) is 12.2. The zero-order chi connectivity index (χ0) is 14.6. The van der Waals surface area contributed by atoms with E-state index < -0.39 is 11.5 Å². The van der Waals surface area contributed by atoms with Gasteiger partial charge in [0.1, 0.15) is 5.54 Å². The van der Waals surface area contributed by atoms with Crippen molar-refractivity contribution in [2.24, 2.45) is 17.8 Å². The van der Waals surface area contributed by atoms with Crippen LogP contribution in [0.4, 0.5) is 0 Å². The van der Waals surface area contributed by atoms with Crippen molar-refractivity contribution in [2.75, 3.05) is 13.2 Å². The van der Waals surface area contributed by atoms with Crippen molar-refractivity contribution in [3.05, 3.63) is 0 Å². The van der Waals surface area contributed by atoms with Gasteiger partial charge in [-0.2, -0.15) is 0 Å². The molecule has 1 aliphatic heterocycles. The number of nitrogens with one attached hydrogen (secondary N) is 1. The third kappa shape index (κ3) is 3.69. The van der Waals surface area contributed by atoms with Gasteiger partial charge in [0.2, 0.25) is 5.91 Å². The van der Waals surface area contributed by atoms with E-state index in [4.69, 9.17) is 4.74 Å². The third-order valence-electron chi connectivity index (χ3n) is 3.86. The molecule has 0 aliphatic carbocycles. The Morgan fingerprint density at radius 1 is 1.11 bits per heavy atom. The summed E-state index contributed by atoms with van der Waals surface area (Å²) in [6.07, 6.45) is 0.661. The number of carboxylic acids is 1. The fourth-order valence-electron chi connectivity index (χ4n) is 2.81. The van der Waals surface area contributed by atoms with Gasteiger partial charge in [0.15, 0.2) is 0 Å². The van der Waals surface area contributed by atoms with Crippen LogP contribution in [0.15, 0.2) is 0 Å².